The molecule has 0 aliphatic heterocycles. The van der Waals surface area contributed by atoms with Crippen LogP contribution in [0.1, 0.15) is 5.69 Å². The maximum atomic E-state index is 5.97. The fourth-order valence-corrected chi connectivity index (χ4v) is 1.60. The molecule has 1 heterocycles. The first kappa shape index (κ1) is 10.8. The van der Waals surface area contributed by atoms with E-state index in [1.54, 1.807) is 22.9 Å². The minimum absolute atomic E-state index is 0.356. The zero-order valence-corrected chi connectivity index (χ0v) is 9.61. The third-order valence-electron chi connectivity index (χ3n) is 2.13. The van der Waals surface area contributed by atoms with Crippen LogP contribution in [0, 0.1) is 0 Å². The van der Waals surface area contributed by atoms with Crippen LogP contribution in [0.2, 0.25) is 5.02 Å². The number of nitrogens with zero attached hydrogens (tertiary/aromatic N) is 2. The molecule has 0 aliphatic rings. The van der Waals surface area contributed by atoms with Gasteiger partial charge in [0.2, 0.25) is 0 Å². The first-order chi connectivity index (χ1) is 7.66. The second-order valence-electron chi connectivity index (χ2n) is 3.43. The van der Waals surface area contributed by atoms with E-state index >= 15 is 0 Å². The lowest BCUT2D eigenvalue weighted by molar-refractivity contribution is 0.302. The monoisotopic (exact) mass is 237 g/mol. The maximum absolute atomic E-state index is 5.97. The van der Waals surface area contributed by atoms with Crippen LogP contribution in [-0.2, 0) is 13.7 Å². The molecule has 0 saturated heterocycles. The van der Waals surface area contributed by atoms with Gasteiger partial charge in [-0.05, 0) is 18.2 Å². The van der Waals surface area contributed by atoms with Crippen LogP contribution in [0.5, 0.6) is 5.75 Å². The van der Waals surface area contributed by atoms with Crippen molar-refractivity contribution >= 4 is 17.3 Å². The summed E-state index contributed by atoms with van der Waals surface area (Å²) < 4.78 is 7.25. The molecule has 84 valence electrons. The SMILES string of the molecule is Cn1ccc(COc2c(N)cccc2Cl)n1. The lowest BCUT2D eigenvalue weighted by Gasteiger charge is -2.08. The Morgan fingerprint density at radius 2 is 2.25 bits per heavy atom. The molecule has 2 aromatic rings. The van der Waals surface area contributed by atoms with Crippen LogP contribution in [0.4, 0.5) is 5.69 Å². The van der Waals surface area contributed by atoms with E-state index in [4.69, 9.17) is 22.1 Å². The van der Waals surface area contributed by atoms with Gasteiger partial charge in [0, 0.05) is 13.2 Å². The number of anilines is 1. The molecule has 0 bridgehead atoms. The van der Waals surface area contributed by atoms with Crippen molar-refractivity contribution in [3.8, 4) is 5.75 Å². The number of para-hydroxylation sites is 1. The Morgan fingerprint density at radius 1 is 1.44 bits per heavy atom. The Kier molecular flexibility index (Phi) is 3.01. The molecule has 4 nitrogen and oxygen atoms in total. The summed E-state index contributed by atoms with van der Waals surface area (Å²) >= 11 is 5.97. The molecule has 0 atom stereocenters. The van der Waals surface area contributed by atoms with Crippen LogP contribution in [0.3, 0.4) is 0 Å². The van der Waals surface area contributed by atoms with Crippen molar-refractivity contribution in [3.63, 3.8) is 0 Å². The lowest BCUT2D eigenvalue weighted by Crippen LogP contribution is -2.00. The molecule has 0 fully saturated rings. The molecule has 0 unspecified atom stereocenters. The molecular weight excluding hydrogens is 226 g/mol. The first-order valence-corrected chi connectivity index (χ1v) is 5.20. The highest BCUT2D eigenvalue weighted by Gasteiger charge is 2.06. The summed E-state index contributed by atoms with van der Waals surface area (Å²) in [6.45, 7) is 0.356. The zero-order valence-electron chi connectivity index (χ0n) is 8.85. The Labute approximate surface area is 98.6 Å². The minimum atomic E-state index is 0.356. The van der Waals surface area contributed by atoms with E-state index in [0.717, 1.165) is 5.69 Å². The average molecular weight is 238 g/mol. The van der Waals surface area contributed by atoms with Gasteiger partial charge in [-0.25, -0.2) is 0 Å². The highest BCUT2D eigenvalue weighted by molar-refractivity contribution is 6.32. The van der Waals surface area contributed by atoms with Crippen LogP contribution < -0.4 is 10.5 Å². The standard InChI is InChI=1S/C11H12ClN3O/c1-15-6-5-8(14-15)7-16-11-9(12)3-2-4-10(11)13/h2-6H,7,13H2,1H3. The summed E-state index contributed by atoms with van der Waals surface area (Å²) in [4.78, 5) is 0. The van der Waals surface area contributed by atoms with Crippen LogP contribution in [0.15, 0.2) is 30.5 Å². The molecular formula is C11H12ClN3O. The van der Waals surface area contributed by atoms with Crippen molar-refractivity contribution < 1.29 is 4.74 Å². The Balaban J connectivity index is 2.10. The fourth-order valence-electron chi connectivity index (χ4n) is 1.36. The maximum Gasteiger partial charge on any atom is 0.161 e. The molecule has 0 aliphatic carbocycles. The molecule has 0 spiro atoms. The highest BCUT2D eigenvalue weighted by atomic mass is 35.5. The van der Waals surface area contributed by atoms with Crippen molar-refractivity contribution in [1.82, 2.24) is 9.78 Å². The third-order valence-corrected chi connectivity index (χ3v) is 2.43. The Bertz CT molecular complexity index is 475. The van der Waals surface area contributed by atoms with Gasteiger partial charge in [0.1, 0.15) is 6.61 Å². The largest absolute Gasteiger partial charge is 0.483 e. The van der Waals surface area contributed by atoms with Gasteiger partial charge in [0.15, 0.2) is 5.75 Å². The van der Waals surface area contributed by atoms with E-state index in [0.29, 0.717) is 23.1 Å². The van der Waals surface area contributed by atoms with E-state index in [9.17, 15) is 0 Å². The molecule has 0 saturated carbocycles. The molecule has 5 heteroatoms. The lowest BCUT2D eigenvalue weighted by atomic mass is 10.3. The van der Waals surface area contributed by atoms with Crippen molar-refractivity contribution in [1.29, 1.82) is 0 Å². The molecule has 1 aromatic carbocycles. The van der Waals surface area contributed by atoms with E-state index in [-0.39, 0.29) is 0 Å². The number of benzene rings is 1. The number of halogens is 1. The van der Waals surface area contributed by atoms with Gasteiger partial charge in [0.05, 0.1) is 16.4 Å². The third kappa shape index (κ3) is 2.28. The number of ether oxygens (including phenoxy) is 1. The van der Waals surface area contributed by atoms with Gasteiger partial charge in [-0.15, -0.1) is 0 Å². The van der Waals surface area contributed by atoms with Gasteiger partial charge in [-0.3, -0.25) is 4.68 Å². The Morgan fingerprint density at radius 3 is 2.88 bits per heavy atom. The predicted octanol–water partition coefficient (Wildman–Crippen LogP) is 2.23. The van der Waals surface area contributed by atoms with Crippen molar-refractivity contribution in [2.75, 3.05) is 5.73 Å². The molecule has 0 amide bonds. The van der Waals surface area contributed by atoms with Gasteiger partial charge in [0.25, 0.3) is 0 Å². The Hall–Kier alpha value is -1.68. The molecule has 16 heavy (non-hydrogen) atoms. The number of aryl methyl sites for hydroxylation is 1. The van der Waals surface area contributed by atoms with Gasteiger partial charge < -0.3 is 10.5 Å². The number of aromatic nitrogens is 2. The van der Waals surface area contributed by atoms with Crippen LogP contribution in [0.25, 0.3) is 0 Å². The quantitative estimate of drug-likeness (QED) is 0.833. The van der Waals surface area contributed by atoms with Gasteiger partial charge in [-0.1, -0.05) is 17.7 Å². The second kappa shape index (κ2) is 4.45. The van der Waals surface area contributed by atoms with Gasteiger partial charge in [-0.2, -0.15) is 5.10 Å². The second-order valence-corrected chi connectivity index (χ2v) is 3.83. The number of hydrogen-bond acceptors (Lipinski definition) is 3. The van der Waals surface area contributed by atoms with Crippen molar-refractivity contribution in [2.24, 2.45) is 7.05 Å². The topological polar surface area (TPSA) is 53.1 Å². The molecule has 1 aromatic heterocycles. The average Bonchev–Trinajstić information content (AvgIpc) is 2.63. The molecule has 0 radical (unpaired) electrons. The highest BCUT2D eigenvalue weighted by Crippen LogP contribution is 2.30. The smallest absolute Gasteiger partial charge is 0.161 e. The minimum Gasteiger partial charge on any atom is -0.483 e. The summed E-state index contributed by atoms with van der Waals surface area (Å²) in [5, 5.41) is 4.70. The van der Waals surface area contributed by atoms with Crippen molar-refractivity contribution in [3.05, 3.63) is 41.2 Å². The summed E-state index contributed by atoms with van der Waals surface area (Å²) in [7, 11) is 1.85. The summed E-state index contributed by atoms with van der Waals surface area (Å²) in [5.74, 6) is 0.509. The summed E-state index contributed by atoms with van der Waals surface area (Å²) in [6, 6.07) is 7.16. The summed E-state index contributed by atoms with van der Waals surface area (Å²) in [6.07, 6.45) is 1.86. The zero-order chi connectivity index (χ0) is 11.5. The van der Waals surface area contributed by atoms with Crippen molar-refractivity contribution in [2.45, 2.75) is 6.61 Å². The fraction of sp³-hybridized carbons (Fsp3) is 0.182. The first-order valence-electron chi connectivity index (χ1n) is 4.82. The number of rotatable bonds is 3. The number of hydrogen-bond donors (Lipinski definition) is 1. The van der Waals surface area contributed by atoms with E-state index < -0.39 is 0 Å². The predicted molar refractivity (Wildman–Crippen MR) is 63.4 cm³/mol. The number of nitrogens with two attached hydrogens (primary N) is 1. The molecule has 2 N–H and O–H groups in total. The van der Waals surface area contributed by atoms with Gasteiger partial charge >= 0.3 is 0 Å². The van der Waals surface area contributed by atoms with E-state index in [1.165, 1.54) is 0 Å². The van der Waals surface area contributed by atoms with E-state index in [1.807, 2.05) is 19.3 Å². The van der Waals surface area contributed by atoms with E-state index in [2.05, 4.69) is 5.10 Å². The summed E-state index contributed by atoms with van der Waals surface area (Å²) in [5.41, 5.74) is 7.12. The van der Waals surface area contributed by atoms with Crippen LogP contribution >= 0.6 is 11.6 Å². The molecule has 2 rings (SSSR count). The number of nitrogen functional groups attached to an aromatic ring is 1. The normalized spacial score (nSPS) is 10.4. The van der Waals surface area contributed by atoms with Crippen LogP contribution in [-0.4, -0.2) is 9.78 Å².